The second kappa shape index (κ2) is 15.3. The summed E-state index contributed by atoms with van der Waals surface area (Å²) in [4.78, 5) is 5.14. The van der Waals surface area contributed by atoms with Crippen LogP contribution in [0.5, 0.6) is 0 Å². The smallest absolute Gasteiger partial charge is 0.252 e. The van der Waals surface area contributed by atoms with Gasteiger partial charge in [0.15, 0.2) is 0 Å². The van der Waals surface area contributed by atoms with Crippen LogP contribution >= 0.6 is 0 Å². The highest BCUT2D eigenvalue weighted by Crippen LogP contribution is 2.54. The third kappa shape index (κ3) is 6.41. The topological polar surface area (TPSA) is 6.48 Å². The van der Waals surface area contributed by atoms with Gasteiger partial charge in [-0.2, -0.15) is 0 Å². The van der Waals surface area contributed by atoms with Gasteiger partial charge in [-0.15, -0.1) is 0 Å². The van der Waals surface area contributed by atoms with Crippen molar-refractivity contribution in [3.8, 4) is 44.5 Å². The Kier molecular flexibility index (Phi) is 9.49. The minimum Gasteiger partial charge on any atom is -0.311 e. The normalized spacial score (nSPS) is 15.3. The number of rotatable bonds is 4. The van der Waals surface area contributed by atoms with Crippen molar-refractivity contribution in [3.05, 3.63) is 221 Å². The Morgan fingerprint density at radius 3 is 1.15 bits per heavy atom. The first-order chi connectivity index (χ1) is 34.4. The molecule has 3 heteroatoms. The van der Waals surface area contributed by atoms with Crippen molar-refractivity contribution in [1.29, 1.82) is 0 Å². The number of hydrogen-bond donors (Lipinski definition) is 0. The molecule has 72 heavy (non-hydrogen) atoms. The zero-order valence-corrected chi connectivity index (χ0v) is 43.8. The minimum atomic E-state index is -0.103. The van der Waals surface area contributed by atoms with Crippen molar-refractivity contribution >= 4 is 57.2 Å². The first-order valence-electron chi connectivity index (χ1n) is 26.1. The molecule has 9 aromatic rings. The van der Waals surface area contributed by atoms with Gasteiger partial charge >= 0.3 is 0 Å². The lowest BCUT2D eigenvalue weighted by atomic mass is 9.33. The summed E-state index contributed by atoms with van der Waals surface area (Å²) in [7, 11) is 0. The van der Waals surface area contributed by atoms with Crippen LogP contribution in [0.3, 0.4) is 0 Å². The molecular weight excluding hydrogens is 868 g/mol. The van der Waals surface area contributed by atoms with Crippen molar-refractivity contribution in [2.75, 3.05) is 9.80 Å². The molecule has 0 N–H and O–H groups in total. The van der Waals surface area contributed by atoms with E-state index in [0.29, 0.717) is 0 Å². The van der Waals surface area contributed by atoms with E-state index in [0.717, 1.165) is 11.4 Å². The quantitative estimate of drug-likeness (QED) is 0.162. The molecule has 0 fully saturated rings. The maximum Gasteiger partial charge on any atom is 0.252 e. The standard InChI is InChI=1S/C69H63BN2/c1-42-38-61-65-62(39-42)72(48-34-28-44(29-35-48)50-21-17-23-54-52-19-13-15-25-56(52)69(10,11)64(50)54)60-37-31-46(67(5,6)7)41-58(60)70(65)57-40-45(66(2,3)4)30-36-59(57)71(61)47-32-26-43(27-33-47)49-20-16-22-53-51-18-12-14-24-55(51)68(8,9)63(49)53/h12-41H,1-11H3. The molecule has 4 aliphatic rings. The van der Waals surface area contributed by atoms with Crippen molar-refractivity contribution in [2.24, 2.45) is 0 Å². The monoisotopic (exact) mass is 931 g/mol. The fourth-order valence-corrected chi connectivity index (χ4v) is 13.4. The van der Waals surface area contributed by atoms with Gasteiger partial charge < -0.3 is 9.80 Å². The van der Waals surface area contributed by atoms with Crippen molar-refractivity contribution in [3.63, 3.8) is 0 Å². The SMILES string of the molecule is Cc1cc2c3c(c1)N(c1ccc(-c4cccc5c4C(C)(C)c4ccccc4-5)cc1)c1ccc(C(C)(C)C)cc1B3c1cc(C(C)(C)C)ccc1N2c1ccc(-c2cccc3c2C(C)(C)c2ccccc2-3)cc1. The van der Waals surface area contributed by atoms with Crippen LogP contribution in [0.15, 0.2) is 182 Å². The molecule has 0 amide bonds. The Labute approximate surface area is 428 Å². The Bertz CT molecular complexity index is 3480. The third-order valence-electron chi connectivity index (χ3n) is 17.0. The summed E-state index contributed by atoms with van der Waals surface area (Å²) in [6.07, 6.45) is 0. The van der Waals surface area contributed by atoms with Crippen molar-refractivity contribution in [1.82, 2.24) is 0 Å². The Hall–Kier alpha value is -7.36. The highest BCUT2D eigenvalue weighted by atomic mass is 15.2. The summed E-state index contributed by atoms with van der Waals surface area (Å²) in [6.45, 7) is 25.9. The highest BCUT2D eigenvalue weighted by Gasteiger charge is 2.45. The number of aryl methyl sites for hydroxylation is 1. The molecule has 2 heterocycles. The first-order valence-corrected chi connectivity index (χ1v) is 26.1. The highest BCUT2D eigenvalue weighted by molar-refractivity contribution is 7.00. The molecule has 0 bridgehead atoms. The van der Waals surface area contributed by atoms with Gasteiger partial charge in [0.05, 0.1) is 0 Å². The van der Waals surface area contributed by atoms with E-state index in [4.69, 9.17) is 0 Å². The summed E-state index contributed by atoms with van der Waals surface area (Å²) in [5, 5.41) is 0. The second-order valence-corrected chi connectivity index (χ2v) is 24.3. The Morgan fingerprint density at radius 2 is 0.750 bits per heavy atom. The van der Waals surface area contributed by atoms with Gasteiger partial charge in [-0.25, -0.2) is 0 Å². The van der Waals surface area contributed by atoms with Crippen molar-refractivity contribution in [2.45, 2.75) is 97.8 Å². The van der Waals surface area contributed by atoms with E-state index in [1.807, 2.05) is 0 Å². The van der Waals surface area contributed by atoms with E-state index in [2.05, 4.69) is 268 Å². The van der Waals surface area contributed by atoms with Crippen molar-refractivity contribution < 1.29 is 0 Å². The number of benzene rings is 9. The van der Waals surface area contributed by atoms with Crippen LogP contribution in [-0.2, 0) is 21.7 Å². The molecule has 2 nitrogen and oxygen atoms in total. The van der Waals surface area contributed by atoms with Gasteiger partial charge in [-0.1, -0.05) is 203 Å². The maximum atomic E-state index is 2.57. The molecule has 0 atom stereocenters. The predicted molar refractivity (Wildman–Crippen MR) is 309 cm³/mol. The fourth-order valence-electron chi connectivity index (χ4n) is 13.4. The van der Waals surface area contributed by atoms with Crippen LogP contribution in [0.2, 0.25) is 0 Å². The Morgan fingerprint density at radius 1 is 0.375 bits per heavy atom. The second-order valence-electron chi connectivity index (χ2n) is 24.3. The first kappa shape index (κ1) is 44.6. The van der Waals surface area contributed by atoms with Gasteiger partial charge in [0.1, 0.15) is 0 Å². The van der Waals surface area contributed by atoms with E-state index in [9.17, 15) is 0 Å². The van der Waals surface area contributed by atoms with Crippen LogP contribution in [0, 0.1) is 6.92 Å². The average molecular weight is 931 g/mol. The number of fused-ring (bicyclic) bond motifs is 10. The molecule has 0 spiro atoms. The van der Waals surface area contributed by atoms with Gasteiger partial charge in [-0.3, -0.25) is 0 Å². The molecule has 352 valence electrons. The van der Waals surface area contributed by atoms with Gasteiger partial charge in [0, 0.05) is 45.0 Å². The third-order valence-corrected chi connectivity index (χ3v) is 17.0. The summed E-state index contributed by atoms with van der Waals surface area (Å²) >= 11 is 0. The van der Waals surface area contributed by atoms with E-state index < -0.39 is 0 Å². The van der Waals surface area contributed by atoms with Gasteiger partial charge in [0.25, 0.3) is 6.71 Å². The molecule has 0 aromatic heterocycles. The van der Waals surface area contributed by atoms with Crippen LogP contribution in [0.1, 0.15) is 108 Å². The molecule has 0 radical (unpaired) electrons. The lowest BCUT2D eigenvalue weighted by Crippen LogP contribution is -2.61. The number of hydrogen-bond acceptors (Lipinski definition) is 2. The zero-order valence-electron chi connectivity index (χ0n) is 43.8. The van der Waals surface area contributed by atoms with E-state index in [1.165, 1.54) is 123 Å². The van der Waals surface area contributed by atoms with Crippen LogP contribution in [0.25, 0.3) is 44.5 Å². The lowest BCUT2D eigenvalue weighted by molar-refractivity contribution is 0.590. The molecule has 2 aliphatic carbocycles. The zero-order chi connectivity index (χ0) is 49.8. The van der Waals surface area contributed by atoms with E-state index in [-0.39, 0.29) is 28.4 Å². The van der Waals surface area contributed by atoms with Crippen LogP contribution < -0.4 is 26.2 Å². The maximum absolute atomic E-state index is 2.57. The summed E-state index contributed by atoms with van der Waals surface area (Å²) in [5.74, 6) is 0. The molecule has 0 saturated carbocycles. The number of anilines is 6. The fraction of sp³-hybridized carbons (Fsp3) is 0.217. The molecule has 0 saturated heterocycles. The molecule has 13 rings (SSSR count). The van der Waals surface area contributed by atoms with Gasteiger partial charge in [0.2, 0.25) is 0 Å². The number of nitrogens with zero attached hydrogens (tertiary/aromatic N) is 2. The van der Waals surface area contributed by atoms with E-state index in [1.54, 1.807) is 0 Å². The summed E-state index contributed by atoms with van der Waals surface area (Å²) < 4.78 is 0. The summed E-state index contributed by atoms with van der Waals surface area (Å²) in [6, 6.07) is 70.1. The molecule has 2 aliphatic heterocycles. The predicted octanol–water partition coefficient (Wildman–Crippen LogP) is 16.6. The summed E-state index contributed by atoms with van der Waals surface area (Å²) in [5.41, 5.74) is 31.1. The molecular formula is C69H63BN2. The van der Waals surface area contributed by atoms with E-state index >= 15 is 0 Å². The average Bonchev–Trinajstić information content (AvgIpc) is 3.75. The van der Waals surface area contributed by atoms with Crippen LogP contribution in [0.4, 0.5) is 34.1 Å². The minimum absolute atomic E-state index is 0.0304. The molecule has 0 unspecified atom stereocenters. The van der Waals surface area contributed by atoms with Crippen LogP contribution in [-0.4, -0.2) is 6.71 Å². The lowest BCUT2D eigenvalue weighted by Gasteiger charge is -2.45. The van der Waals surface area contributed by atoms with Gasteiger partial charge in [-0.05, 0) is 166 Å². The Balaban J connectivity index is 0.990. The largest absolute Gasteiger partial charge is 0.311 e. The molecule has 9 aromatic carbocycles.